The molecule has 2 aliphatic heterocycles. The predicted octanol–water partition coefficient (Wildman–Crippen LogP) is 1.00. The Kier molecular flexibility index (Phi) is 1.24. The highest BCUT2D eigenvalue weighted by molar-refractivity contribution is 5.77. The summed E-state index contributed by atoms with van der Waals surface area (Å²) in [7, 11) is 0. The highest BCUT2D eigenvalue weighted by Gasteiger charge is 2.16. The van der Waals surface area contributed by atoms with E-state index in [1.807, 2.05) is 24.6 Å². The Bertz CT molecular complexity index is 186. The van der Waals surface area contributed by atoms with E-state index in [1.54, 1.807) is 0 Å². The van der Waals surface area contributed by atoms with Gasteiger partial charge < -0.3 is 0 Å². The Morgan fingerprint density at radius 2 is 1.30 bits per heavy atom. The molecule has 0 spiro atoms. The van der Waals surface area contributed by atoms with Crippen molar-refractivity contribution >= 4 is 12.4 Å². The minimum absolute atomic E-state index is 0.259. The maximum absolute atomic E-state index is 4.22. The molecule has 0 fully saturated rings. The van der Waals surface area contributed by atoms with Gasteiger partial charge in [0.2, 0.25) is 0 Å². The normalized spacial score (nSPS) is 34.4. The minimum Gasteiger partial charge on any atom is -0.283 e. The average molecular weight is 132 g/mol. The molecule has 10 heavy (non-hydrogen) atoms. The molecular formula is C8H8N2. The van der Waals surface area contributed by atoms with Crippen molar-refractivity contribution in [3.8, 4) is 0 Å². The molecule has 0 bridgehead atoms. The van der Waals surface area contributed by atoms with E-state index in [0.29, 0.717) is 0 Å². The SMILES string of the molecule is C1=CC(C2C=CC=N2)N=C1. The van der Waals surface area contributed by atoms with Crippen LogP contribution in [0.25, 0.3) is 0 Å². The van der Waals surface area contributed by atoms with E-state index < -0.39 is 0 Å². The first-order valence-corrected chi connectivity index (χ1v) is 3.37. The molecule has 0 aromatic rings. The van der Waals surface area contributed by atoms with Gasteiger partial charge in [0.25, 0.3) is 0 Å². The third-order valence-electron chi connectivity index (χ3n) is 1.66. The summed E-state index contributed by atoms with van der Waals surface area (Å²) < 4.78 is 0. The largest absolute Gasteiger partial charge is 0.283 e. The van der Waals surface area contributed by atoms with E-state index in [2.05, 4.69) is 22.1 Å². The second kappa shape index (κ2) is 2.21. The van der Waals surface area contributed by atoms with Crippen LogP contribution in [0.1, 0.15) is 0 Å². The summed E-state index contributed by atoms with van der Waals surface area (Å²) in [5.74, 6) is 0. The lowest BCUT2D eigenvalue weighted by Gasteiger charge is -2.06. The zero-order valence-corrected chi connectivity index (χ0v) is 5.51. The van der Waals surface area contributed by atoms with Gasteiger partial charge in [-0.3, -0.25) is 9.98 Å². The second-order valence-corrected chi connectivity index (χ2v) is 2.35. The minimum atomic E-state index is 0.259. The van der Waals surface area contributed by atoms with Crippen LogP contribution in [-0.4, -0.2) is 24.5 Å². The third-order valence-corrected chi connectivity index (χ3v) is 1.66. The molecule has 2 unspecified atom stereocenters. The monoisotopic (exact) mass is 132 g/mol. The maximum atomic E-state index is 4.22. The van der Waals surface area contributed by atoms with Gasteiger partial charge in [-0.15, -0.1) is 0 Å². The van der Waals surface area contributed by atoms with Crippen molar-refractivity contribution in [1.82, 2.24) is 0 Å². The fraction of sp³-hybridized carbons (Fsp3) is 0.250. The second-order valence-electron chi connectivity index (χ2n) is 2.35. The van der Waals surface area contributed by atoms with Crippen molar-refractivity contribution in [2.24, 2.45) is 9.98 Å². The Labute approximate surface area is 59.7 Å². The molecule has 0 amide bonds. The van der Waals surface area contributed by atoms with Crippen LogP contribution in [0, 0.1) is 0 Å². The molecule has 2 aliphatic rings. The summed E-state index contributed by atoms with van der Waals surface area (Å²) in [6.45, 7) is 0. The predicted molar refractivity (Wildman–Crippen MR) is 42.8 cm³/mol. The molecule has 0 saturated heterocycles. The van der Waals surface area contributed by atoms with Crippen LogP contribution < -0.4 is 0 Å². The van der Waals surface area contributed by atoms with Gasteiger partial charge in [0.05, 0.1) is 12.1 Å². The maximum Gasteiger partial charge on any atom is 0.0942 e. The van der Waals surface area contributed by atoms with Crippen molar-refractivity contribution in [2.75, 3.05) is 0 Å². The highest BCUT2D eigenvalue weighted by Crippen LogP contribution is 2.12. The quantitative estimate of drug-likeness (QED) is 0.508. The molecular weight excluding hydrogens is 124 g/mol. The topological polar surface area (TPSA) is 24.7 Å². The number of rotatable bonds is 1. The first-order valence-electron chi connectivity index (χ1n) is 3.37. The van der Waals surface area contributed by atoms with Gasteiger partial charge in [0.15, 0.2) is 0 Å². The summed E-state index contributed by atoms with van der Waals surface area (Å²) in [5.41, 5.74) is 0. The molecule has 0 aromatic carbocycles. The molecule has 0 aliphatic carbocycles. The van der Waals surface area contributed by atoms with Crippen LogP contribution in [0.15, 0.2) is 34.3 Å². The summed E-state index contributed by atoms with van der Waals surface area (Å²) in [4.78, 5) is 8.43. The Morgan fingerprint density at radius 3 is 1.60 bits per heavy atom. The van der Waals surface area contributed by atoms with E-state index in [1.165, 1.54) is 0 Å². The average Bonchev–Trinajstić information content (AvgIpc) is 2.59. The van der Waals surface area contributed by atoms with E-state index in [4.69, 9.17) is 0 Å². The van der Waals surface area contributed by atoms with Crippen LogP contribution in [-0.2, 0) is 0 Å². The lowest BCUT2D eigenvalue weighted by molar-refractivity contribution is 0.731. The van der Waals surface area contributed by atoms with Gasteiger partial charge in [0.1, 0.15) is 0 Å². The number of nitrogens with zero attached hydrogens (tertiary/aromatic N) is 2. The molecule has 2 rings (SSSR count). The van der Waals surface area contributed by atoms with Gasteiger partial charge in [-0.1, -0.05) is 12.2 Å². The van der Waals surface area contributed by atoms with Gasteiger partial charge in [-0.05, 0) is 12.2 Å². The van der Waals surface area contributed by atoms with E-state index in [9.17, 15) is 0 Å². The lowest BCUT2D eigenvalue weighted by atomic mass is 10.1. The number of hydrogen-bond acceptors (Lipinski definition) is 2. The molecule has 2 heterocycles. The molecule has 0 radical (unpaired) electrons. The van der Waals surface area contributed by atoms with Gasteiger partial charge in [-0.25, -0.2) is 0 Å². The first-order chi connectivity index (χ1) is 4.97. The van der Waals surface area contributed by atoms with E-state index >= 15 is 0 Å². The van der Waals surface area contributed by atoms with Crippen molar-refractivity contribution in [2.45, 2.75) is 12.1 Å². The lowest BCUT2D eigenvalue weighted by Crippen LogP contribution is -2.14. The third kappa shape index (κ3) is 0.817. The zero-order chi connectivity index (χ0) is 6.81. The summed E-state index contributed by atoms with van der Waals surface area (Å²) >= 11 is 0. The first kappa shape index (κ1) is 5.59. The Morgan fingerprint density at radius 1 is 0.800 bits per heavy atom. The van der Waals surface area contributed by atoms with Crippen molar-refractivity contribution < 1.29 is 0 Å². The van der Waals surface area contributed by atoms with Crippen molar-refractivity contribution in [1.29, 1.82) is 0 Å². The number of allylic oxidation sites excluding steroid dienone is 2. The Balaban J connectivity index is 2.12. The molecule has 50 valence electrons. The van der Waals surface area contributed by atoms with Crippen LogP contribution in [0.2, 0.25) is 0 Å². The van der Waals surface area contributed by atoms with Gasteiger partial charge >= 0.3 is 0 Å². The van der Waals surface area contributed by atoms with Crippen molar-refractivity contribution in [3.05, 3.63) is 24.3 Å². The molecule has 2 atom stereocenters. The van der Waals surface area contributed by atoms with Crippen LogP contribution in [0.5, 0.6) is 0 Å². The molecule has 2 nitrogen and oxygen atoms in total. The van der Waals surface area contributed by atoms with Gasteiger partial charge in [0, 0.05) is 12.4 Å². The smallest absolute Gasteiger partial charge is 0.0942 e. The van der Waals surface area contributed by atoms with Crippen molar-refractivity contribution in [3.63, 3.8) is 0 Å². The zero-order valence-electron chi connectivity index (χ0n) is 5.51. The Hall–Kier alpha value is -1.18. The highest BCUT2D eigenvalue weighted by atomic mass is 14.9. The number of aliphatic imine (C=N–C) groups is 2. The van der Waals surface area contributed by atoms with Crippen LogP contribution >= 0.6 is 0 Å². The molecule has 0 aromatic heterocycles. The molecule has 0 saturated carbocycles. The van der Waals surface area contributed by atoms with Crippen LogP contribution in [0.3, 0.4) is 0 Å². The fourth-order valence-electron chi connectivity index (χ4n) is 1.13. The summed E-state index contributed by atoms with van der Waals surface area (Å²) in [5, 5.41) is 0. The van der Waals surface area contributed by atoms with E-state index in [0.717, 1.165) is 0 Å². The molecule has 0 N–H and O–H groups in total. The standard InChI is InChI=1S/C8H8N2/c1-3-7(9-5-1)8-4-2-6-10-8/h1-8H. The molecule has 2 heteroatoms. The van der Waals surface area contributed by atoms with Gasteiger partial charge in [-0.2, -0.15) is 0 Å². The summed E-state index contributed by atoms with van der Waals surface area (Å²) in [6.07, 6.45) is 11.7. The van der Waals surface area contributed by atoms with E-state index in [-0.39, 0.29) is 12.1 Å². The fourth-order valence-corrected chi connectivity index (χ4v) is 1.13. The number of hydrogen-bond donors (Lipinski definition) is 0. The summed E-state index contributed by atoms with van der Waals surface area (Å²) in [6, 6.07) is 0.519. The van der Waals surface area contributed by atoms with Crippen LogP contribution in [0.4, 0.5) is 0 Å².